The zero-order chi connectivity index (χ0) is 23.2. The van der Waals surface area contributed by atoms with Gasteiger partial charge in [0.1, 0.15) is 5.75 Å². The molecule has 2 amide bonds. The summed E-state index contributed by atoms with van der Waals surface area (Å²) < 4.78 is 5.69. The maximum atomic E-state index is 12.8. The SMILES string of the molecule is Cc1cc(N2CCCC2)ccc1NC(=O)COc1ccc(Cl)cc1C(=O)Nc1ccccc1. The van der Waals surface area contributed by atoms with Crippen molar-refractivity contribution in [2.75, 3.05) is 35.2 Å². The van der Waals surface area contributed by atoms with Crippen molar-refractivity contribution in [3.8, 4) is 5.75 Å². The molecule has 7 heteroatoms. The van der Waals surface area contributed by atoms with Gasteiger partial charge in [0.25, 0.3) is 11.8 Å². The van der Waals surface area contributed by atoms with E-state index in [9.17, 15) is 9.59 Å². The summed E-state index contributed by atoms with van der Waals surface area (Å²) >= 11 is 6.09. The Bertz CT molecular complexity index is 1140. The van der Waals surface area contributed by atoms with Crippen molar-refractivity contribution in [2.45, 2.75) is 19.8 Å². The number of anilines is 3. The number of benzene rings is 3. The van der Waals surface area contributed by atoms with Crippen LogP contribution in [-0.4, -0.2) is 31.5 Å². The molecule has 0 spiro atoms. The third kappa shape index (κ3) is 5.84. The van der Waals surface area contributed by atoms with Gasteiger partial charge in [-0.05, 0) is 73.9 Å². The maximum Gasteiger partial charge on any atom is 0.262 e. The highest BCUT2D eigenvalue weighted by Crippen LogP contribution is 2.26. The smallest absolute Gasteiger partial charge is 0.262 e. The number of hydrogen-bond donors (Lipinski definition) is 2. The summed E-state index contributed by atoms with van der Waals surface area (Å²) in [6, 6.07) is 19.9. The number of hydrogen-bond acceptors (Lipinski definition) is 4. The van der Waals surface area contributed by atoms with Gasteiger partial charge in [-0.15, -0.1) is 0 Å². The van der Waals surface area contributed by atoms with Crippen LogP contribution >= 0.6 is 11.6 Å². The molecule has 0 aliphatic carbocycles. The van der Waals surface area contributed by atoms with Gasteiger partial charge in [0.15, 0.2) is 6.61 Å². The van der Waals surface area contributed by atoms with E-state index in [1.165, 1.54) is 24.6 Å². The van der Waals surface area contributed by atoms with E-state index in [0.717, 1.165) is 24.3 Å². The number of ether oxygens (including phenoxy) is 1. The number of carbonyl (C=O) groups excluding carboxylic acids is 2. The summed E-state index contributed by atoms with van der Waals surface area (Å²) in [5, 5.41) is 6.10. The van der Waals surface area contributed by atoms with Crippen LogP contribution in [0.1, 0.15) is 28.8 Å². The van der Waals surface area contributed by atoms with Crippen molar-refractivity contribution in [1.29, 1.82) is 0 Å². The number of amides is 2. The van der Waals surface area contributed by atoms with Gasteiger partial charge in [-0.2, -0.15) is 0 Å². The lowest BCUT2D eigenvalue weighted by Gasteiger charge is -2.19. The monoisotopic (exact) mass is 463 g/mol. The molecule has 170 valence electrons. The van der Waals surface area contributed by atoms with Crippen LogP contribution in [0.15, 0.2) is 66.7 Å². The maximum absolute atomic E-state index is 12.8. The fourth-order valence-corrected chi connectivity index (χ4v) is 3.99. The Morgan fingerprint density at radius 1 is 0.970 bits per heavy atom. The van der Waals surface area contributed by atoms with Gasteiger partial charge in [0.05, 0.1) is 5.56 Å². The van der Waals surface area contributed by atoms with Gasteiger partial charge in [0, 0.05) is 35.2 Å². The van der Waals surface area contributed by atoms with Crippen molar-refractivity contribution < 1.29 is 14.3 Å². The Balaban J connectivity index is 1.39. The molecule has 0 radical (unpaired) electrons. The third-order valence-electron chi connectivity index (χ3n) is 5.53. The molecule has 6 nitrogen and oxygen atoms in total. The molecule has 0 saturated carbocycles. The Labute approximate surface area is 198 Å². The van der Waals surface area contributed by atoms with Gasteiger partial charge < -0.3 is 20.3 Å². The van der Waals surface area contributed by atoms with Crippen LogP contribution in [0.2, 0.25) is 5.02 Å². The number of rotatable bonds is 7. The molecular weight excluding hydrogens is 438 g/mol. The van der Waals surface area contributed by atoms with E-state index >= 15 is 0 Å². The van der Waals surface area contributed by atoms with Gasteiger partial charge in [0.2, 0.25) is 0 Å². The second-order valence-electron chi connectivity index (χ2n) is 7.99. The van der Waals surface area contributed by atoms with Crippen LogP contribution in [-0.2, 0) is 4.79 Å². The van der Waals surface area contributed by atoms with Crippen LogP contribution in [0.5, 0.6) is 5.75 Å². The second kappa shape index (κ2) is 10.4. The predicted octanol–water partition coefficient (Wildman–Crippen LogP) is 5.52. The van der Waals surface area contributed by atoms with Gasteiger partial charge in [-0.25, -0.2) is 0 Å². The average Bonchev–Trinajstić information content (AvgIpc) is 3.35. The number of nitrogens with zero attached hydrogens (tertiary/aromatic N) is 1. The molecule has 3 aromatic carbocycles. The Morgan fingerprint density at radius 3 is 2.45 bits per heavy atom. The van der Waals surface area contributed by atoms with Crippen molar-refractivity contribution >= 4 is 40.5 Å². The molecule has 33 heavy (non-hydrogen) atoms. The van der Waals surface area contributed by atoms with Gasteiger partial charge >= 0.3 is 0 Å². The molecule has 1 aliphatic rings. The number of nitrogens with one attached hydrogen (secondary N) is 2. The van der Waals surface area contributed by atoms with Gasteiger partial charge in [-0.1, -0.05) is 29.8 Å². The average molecular weight is 464 g/mol. The topological polar surface area (TPSA) is 70.7 Å². The summed E-state index contributed by atoms with van der Waals surface area (Å²) in [6.45, 7) is 3.88. The third-order valence-corrected chi connectivity index (χ3v) is 5.77. The quantitative estimate of drug-likeness (QED) is 0.484. The minimum Gasteiger partial charge on any atom is -0.483 e. The number of para-hydroxylation sites is 1. The first kappa shape index (κ1) is 22.7. The first-order valence-electron chi connectivity index (χ1n) is 10.9. The Morgan fingerprint density at radius 2 is 1.73 bits per heavy atom. The summed E-state index contributed by atoms with van der Waals surface area (Å²) in [5.41, 5.74) is 3.81. The van der Waals surface area contributed by atoms with E-state index in [1.54, 1.807) is 24.3 Å². The predicted molar refractivity (Wildman–Crippen MR) is 133 cm³/mol. The minimum atomic E-state index is -0.368. The fraction of sp³-hybridized carbons (Fsp3) is 0.231. The molecule has 1 fully saturated rings. The number of halogens is 1. The second-order valence-corrected chi connectivity index (χ2v) is 8.43. The molecule has 4 rings (SSSR count). The van der Waals surface area contributed by atoms with Crippen LogP contribution in [0.25, 0.3) is 0 Å². The molecule has 1 saturated heterocycles. The molecule has 0 atom stereocenters. The highest BCUT2D eigenvalue weighted by Gasteiger charge is 2.16. The van der Waals surface area contributed by atoms with Crippen LogP contribution in [0, 0.1) is 6.92 Å². The molecule has 3 aromatic rings. The molecule has 0 aromatic heterocycles. The summed E-state index contributed by atoms with van der Waals surface area (Å²) in [6.07, 6.45) is 2.43. The zero-order valence-corrected chi connectivity index (χ0v) is 19.2. The van der Waals surface area contributed by atoms with Crippen molar-refractivity contribution in [3.63, 3.8) is 0 Å². The van der Waals surface area contributed by atoms with Crippen molar-refractivity contribution in [1.82, 2.24) is 0 Å². The van der Waals surface area contributed by atoms with Gasteiger partial charge in [-0.3, -0.25) is 9.59 Å². The number of carbonyl (C=O) groups is 2. The largest absolute Gasteiger partial charge is 0.483 e. The van der Waals surface area contributed by atoms with E-state index in [2.05, 4.69) is 21.6 Å². The molecular formula is C26H26ClN3O3. The van der Waals surface area contributed by atoms with Crippen LogP contribution in [0.3, 0.4) is 0 Å². The minimum absolute atomic E-state index is 0.236. The first-order chi connectivity index (χ1) is 16.0. The lowest BCUT2D eigenvalue weighted by atomic mass is 10.1. The first-order valence-corrected chi connectivity index (χ1v) is 11.3. The van der Waals surface area contributed by atoms with E-state index in [-0.39, 0.29) is 29.7 Å². The fourth-order valence-electron chi connectivity index (χ4n) is 3.82. The Hall–Kier alpha value is -3.51. The summed E-state index contributed by atoms with van der Waals surface area (Å²) in [7, 11) is 0. The van der Waals surface area contributed by atoms with E-state index in [1.807, 2.05) is 37.3 Å². The number of aryl methyl sites for hydroxylation is 1. The Kier molecular flexibility index (Phi) is 7.15. The molecule has 2 N–H and O–H groups in total. The van der Waals surface area contributed by atoms with Crippen LogP contribution < -0.4 is 20.3 Å². The molecule has 1 heterocycles. The van der Waals surface area contributed by atoms with E-state index in [0.29, 0.717) is 10.7 Å². The highest BCUT2D eigenvalue weighted by atomic mass is 35.5. The molecule has 0 bridgehead atoms. The van der Waals surface area contributed by atoms with E-state index in [4.69, 9.17) is 16.3 Å². The normalized spacial score (nSPS) is 13.0. The lowest BCUT2D eigenvalue weighted by Crippen LogP contribution is -2.22. The molecule has 1 aliphatic heterocycles. The zero-order valence-electron chi connectivity index (χ0n) is 18.4. The lowest BCUT2D eigenvalue weighted by molar-refractivity contribution is -0.118. The van der Waals surface area contributed by atoms with Crippen LogP contribution in [0.4, 0.5) is 17.1 Å². The van der Waals surface area contributed by atoms with Crippen molar-refractivity contribution in [3.05, 3.63) is 82.9 Å². The van der Waals surface area contributed by atoms with E-state index < -0.39 is 0 Å². The highest BCUT2D eigenvalue weighted by molar-refractivity contribution is 6.31. The standard InChI is InChI=1S/C26H26ClN3O3/c1-18-15-21(30-13-5-6-14-30)10-11-23(18)29-25(31)17-33-24-12-9-19(27)16-22(24)26(32)28-20-7-3-2-4-8-20/h2-4,7-12,15-16H,5-6,13-14,17H2,1H3,(H,28,32)(H,29,31). The summed E-state index contributed by atoms with van der Waals surface area (Å²) in [4.78, 5) is 27.7. The van der Waals surface area contributed by atoms with Crippen molar-refractivity contribution in [2.24, 2.45) is 0 Å². The summed E-state index contributed by atoms with van der Waals surface area (Å²) in [5.74, 6) is -0.395. The molecule has 0 unspecified atom stereocenters.